The summed E-state index contributed by atoms with van der Waals surface area (Å²) in [4.78, 5) is 14.4. The van der Waals surface area contributed by atoms with Gasteiger partial charge in [0, 0.05) is 23.4 Å². The van der Waals surface area contributed by atoms with Gasteiger partial charge >= 0.3 is 0 Å². The highest BCUT2D eigenvalue weighted by atomic mass is 35.5. The van der Waals surface area contributed by atoms with E-state index in [2.05, 4.69) is 12.1 Å². The van der Waals surface area contributed by atoms with Gasteiger partial charge in [-0.05, 0) is 17.7 Å². The summed E-state index contributed by atoms with van der Waals surface area (Å²) in [7, 11) is 0. The number of halogens is 1. The minimum absolute atomic E-state index is 0.0214. The van der Waals surface area contributed by atoms with Gasteiger partial charge in [0.1, 0.15) is 0 Å². The molecule has 2 saturated heterocycles. The van der Waals surface area contributed by atoms with Crippen LogP contribution in [0.3, 0.4) is 0 Å². The fourth-order valence-corrected chi connectivity index (χ4v) is 3.70. The van der Waals surface area contributed by atoms with E-state index in [9.17, 15) is 4.79 Å². The van der Waals surface area contributed by atoms with Crippen LogP contribution in [0, 0.1) is 0 Å². The van der Waals surface area contributed by atoms with Crippen molar-refractivity contribution in [3.8, 4) is 0 Å². The van der Waals surface area contributed by atoms with Crippen LogP contribution in [0.2, 0.25) is 5.02 Å². The highest BCUT2D eigenvalue weighted by Crippen LogP contribution is 2.50. The molecule has 0 radical (unpaired) electrons. The maximum Gasteiger partial charge on any atom is 0.225 e. The fraction of sp³-hybridized carbons (Fsp3) is 0.278. The second-order valence-electron chi connectivity index (χ2n) is 5.79. The molecule has 2 aliphatic heterocycles. The van der Waals surface area contributed by atoms with Crippen LogP contribution in [0.15, 0.2) is 54.6 Å². The smallest absolute Gasteiger partial charge is 0.225 e. The normalized spacial score (nSPS) is 27.2. The van der Waals surface area contributed by atoms with E-state index in [1.165, 1.54) is 0 Å². The molecule has 1 amide bonds. The van der Waals surface area contributed by atoms with Crippen LogP contribution >= 0.6 is 11.6 Å². The predicted molar refractivity (Wildman–Crippen MR) is 84.3 cm³/mol. The zero-order chi connectivity index (χ0) is 15.2. The number of carbonyl (C=O) groups excluding carboxylic acids is 1. The summed E-state index contributed by atoms with van der Waals surface area (Å²) >= 11 is 5.99. The summed E-state index contributed by atoms with van der Waals surface area (Å²) in [6, 6.07) is 17.7. The molecule has 112 valence electrons. The van der Waals surface area contributed by atoms with Crippen LogP contribution in [-0.4, -0.2) is 17.4 Å². The van der Waals surface area contributed by atoms with E-state index in [4.69, 9.17) is 16.3 Å². The van der Waals surface area contributed by atoms with Gasteiger partial charge in [-0.15, -0.1) is 0 Å². The zero-order valence-corrected chi connectivity index (χ0v) is 12.8. The number of ether oxygens (including phenoxy) is 1. The Bertz CT molecular complexity index is 701. The van der Waals surface area contributed by atoms with Gasteiger partial charge in [-0.1, -0.05) is 54.1 Å². The third-order valence-electron chi connectivity index (χ3n) is 4.61. The lowest BCUT2D eigenvalue weighted by Gasteiger charge is -2.33. The van der Waals surface area contributed by atoms with Crippen molar-refractivity contribution in [1.82, 2.24) is 4.90 Å². The Balaban J connectivity index is 1.77. The molecule has 2 aliphatic rings. The largest absolute Gasteiger partial charge is 0.349 e. The zero-order valence-electron chi connectivity index (χ0n) is 12.0. The van der Waals surface area contributed by atoms with Crippen LogP contribution < -0.4 is 0 Å². The molecule has 0 saturated carbocycles. The third kappa shape index (κ3) is 1.97. The maximum atomic E-state index is 12.5. The molecule has 2 fully saturated rings. The first kappa shape index (κ1) is 13.8. The van der Waals surface area contributed by atoms with Crippen LogP contribution in [-0.2, 0) is 15.3 Å². The van der Waals surface area contributed by atoms with Crippen molar-refractivity contribution >= 4 is 17.5 Å². The van der Waals surface area contributed by atoms with Gasteiger partial charge in [-0.25, -0.2) is 0 Å². The summed E-state index contributed by atoms with van der Waals surface area (Å²) in [5.41, 5.74) is 1.48. The SMILES string of the molecule is O=C1CC[C@@]2(c3ccc(Cl)cc3)OC[C@H](c3ccccc3)N12. The molecule has 0 unspecified atom stereocenters. The van der Waals surface area contributed by atoms with Gasteiger partial charge in [0.25, 0.3) is 0 Å². The van der Waals surface area contributed by atoms with Gasteiger partial charge in [0.2, 0.25) is 5.91 Å². The van der Waals surface area contributed by atoms with Crippen molar-refractivity contribution in [1.29, 1.82) is 0 Å². The number of hydrogen-bond acceptors (Lipinski definition) is 2. The fourth-order valence-electron chi connectivity index (χ4n) is 3.57. The van der Waals surface area contributed by atoms with Crippen molar-refractivity contribution in [2.24, 2.45) is 0 Å². The quantitative estimate of drug-likeness (QED) is 0.842. The highest BCUT2D eigenvalue weighted by Gasteiger charge is 2.55. The molecule has 2 atom stereocenters. The summed E-state index contributed by atoms with van der Waals surface area (Å²) in [5, 5.41) is 0.689. The van der Waals surface area contributed by atoms with E-state index in [0.717, 1.165) is 11.1 Å². The van der Waals surface area contributed by atoms with E-state index in [-0.39, 0.29) is 11.9 Å². The van der Waals surface area contributed by atoms with Crippen LogP contribution in [0.1, 0.15) is 30.0 Å². The third-order valence-corrected chi connectivity index (χ3v) is 4.86. The van der Waals surface area contributed by atoms with E-state index in [1.807, 2.05) is 47.4 Å². The Morgan fingerprint density at radius 1 is 1.09 bits per heavy atom. The van der Waals surface area contributed by atoms with E-state index < -0.39 is 5.72 Å². The molecule has 4 heteroatoms. The standard InChI is InChI=1S/C18H16ClNO2/c19-15-8-6-14(7-9-15)18-11-10-17(21)20(18)16(12-22-18)13-4-2-1-3-5-13/h1-9,16H,10-12H2/t16-,18+/m1/s1. The van der Waals surface area contributed by atoms with Crippen molar-refractivity contribution in [3.05, 3.63) is 70.7 Å². The number of nitrogens with zero attached hydrogens (tertiary/aromatic N) is 1. The molecular weight excluding hydrogens is 298 g/mol. The van der Waals surface area contributed by atoms with E-state index in [0.29, 0.717) is 24.5 Å². The average Bonchev–Trinajstić information content (AvgIpc) is 3.09. The number of hydrogen-bond donors (Lipinski definition) is 0. The Morgan fingerprint density at radius 2 is 1.82 bits per heavy atom. The van der Waals surface area contributed by atoms with E-state index >= 15 is 0 Å². The Hall–Kier alpha value is -1.84. The first-order valence-electron chi connectivity index (χ1n) is 7.48. The summed E-state index contributed by atoms with van der Waals surface area (Å²) in [6.07, 6.45) is 1.21. The molecule has 2 heterocycles. The Morgan fingerprint density at radius 3 is 2.55 bits per heavy atom. The topological polar surface area (TPSA) is 29.5 Å². The summed E-state index contributed by atoms with van der Waals surface area (Å²) in [6.45, 7) is 0.526. The lowest BCUT2D eigenvalue weighted by molar-refractivity contribution is -0.139. The molecule has 4 rings (SSSR count). The summed E-state index contributed by atoms with van der Waals surface area (Å²) < 4.78 is 6.19. The minimum atomic E-state index is -0.637. The summed E-state index contributed by atoms with van der Waals surface area (Å²) in [5.74, 6) is 0.154. The van der Waals surface area contributed by atoms with Gasteiger partial charge in [-0.2, -0.15) is 0 Å². The van der Waals surface area contributed by atoms with Crippen LogP contribution in [0.25, 0.3) is 0 Å². The monoisotopic (exact) mass is 313 g/mol. The Labute approximate surface area is 134 Å². The molecule has 0 aromatic heterocycles. The van der Waals surface area contributed by atoms with Crippen molar-refractivity contribution in [2.75, 3.05) is 6.61 Å². The van der Waals surface area contributed by atoms with Crippen molar-refractivity contribution in [3.63, 3.8) is 0 Å². The maximum absolute atomic E-state index is 12.5. The number of rotatable bonds is 2. The molecule has 0 aliphatic carbocycles. The molecular formula is C18H16ClNO2. The number of benzene rings is 2. The molecule has 0 N–H and O–H groups in total. The van der Waals surface area contributed by atoms with Crippen LogP contribution in [0.5, 0.6) is 0 Å². The molecule has 3 nitrogen and oxygen atoms in total. The van der Waals surface area contributed by atoms with E-state index in [1.54, 1.807) is 0 Å². The molecule has 2 aromatic rings. The van der Waals surface area contributed by atoms with Gasteiger partial charge < -0.3 is 9.64 Å². The second kappa shape index (κ2) is 5.11. The number of amides is 1. The van der Waals surface area contributed by atoms with Gasteiger partial charge in [-0.3, -0.25) is 4.79 Å². The average molecular weight is 314 g/mol. The highest BCUT2D eigenvalue weighted by molar-refractivity contribution is 6.30. The van der Waals surface area contributed by atoms with Gasteiger partial charge in [0.15, 0.2) is 5.72 Å². The minimum Gasteiger partial charge on any atom is -0.349 e. The lowest BCUT2D eigenvalue weighted by Crippen LogP contribution is -2.40. The first-order valence-corrected chi connectivity index (χ1v) is 7.86. The number of fused-ring (bicyclic) bond motifs is 1. The number of carbonyl (C=O) groups is 1. The first-order chi connectivity index (χ1) is 10.7. The lowest BCUT2D eigenvalue weighted by atomic mass is 9.99. The predicted octanol–water partition coefficient (Wildman–Crippen LogP) is 3.89. The molecule has 2 aromatic carbocycles. The molecule has 0 bridgehead atoms. The van der Waals surface area contributed by atoms with Crippen LogP contribution in [0.4, 0.5) is 0 Å². The molecule has 22 heavy (non-hydrogen) atoms. The van der Waals surface area contributed by atoms with Gasteiger partial charge in [0.05, 0.1) is 12.6 Å². The Kier molecular flexibility index (Phi) is 3.21. The second-order valence-corrected chi connectivity index (χ2v) is 6.23. The van der Waals surface area contributed by atoms with Crippen molar-refractivity contribution in [2.45, 2.75) is 24.6 Å². The van der Waals surface area contributed by atoms with Crippen molar-refractivity contribution < 1.29 is 9.53 Å². The molecule has 0 spiro atoms.